The molecule has 0 saturated carbocycles. The van der Waals surface area contributed by atoms with E-state index in [1.54, 1.807) is 0 Å². The smallest absolute Gasteiger partial charge is 0.326 e. The van der Waals surface area contributed by atoms with Crippen LogP contribution in [0.2, 0.25) is 5.15 Å². The van der Waals surface area contributed by atoms with Crippen LogP contribution in [0.25, 0.3) is 10.9 Å². The van der Waals surface area contributed by atoms with Crippen molar-refractivity contribution >= 4 is 73.0 Å². The second kappa shape index (κ2) is 12.5. The van der Waals surface area contributed by atoms with Crippen LogP contribution in [-0.4, -0.2) is 10.9 Å². The van der Waals surface area contributed by atoms with Gasteiger partial charge in [0.1, 0.15) is 5.15 Å². The molecule has 3 rings (SSSR count). The number of nitrogens with zero attached hydrogens (tertiary/aromatic N) is 1. The quantitative estimate of drug-likeness (QED) is 0.279. The number of benzene rings is 2. The number of carbonyl (C=O) groups is 1. The highest BCUT2D eigenvalue weighted by Crippen LogP contribution is 2.61. The number of hydrogen-bond acceptors (Lipinski definition) is 3. The maximum Gasteiger partial charge on any atom is 0.339 e. The van der Waals surface area contributed by atoms with Crippen molar-refractivity contribution in [1.82, 2.24) is 4.98 Å². The normalized spacial score (nSPS) is 10.4. The number of hydrogen-bond donors (Lipinski definition) is 1. The molecule has 0 aliphatic rings. The standard InChI is InChI=1S/C11H10ClN.C10H13NO.Cl3OP/c1-7-3-4-9-6-8(2)11(12)13-10(9)5-7;1-3-10(12)11-9-6-4-5-8(2)7-9;1-5(2,3)4/h3-6H,1-2H3;4-7H,3H2,1-2H3,(H,11,12);. The van der Waals surface area contributed by atoms with E-state index in [1.165, 1.54) is 5.56 Å². The molecule has 0 fully saturated rings. The molecule has 162 valence electrons. The molecule has 0 spiro atoms. The van der Waals surface area contributed by atoms with Crippen molar-refractivity contribution in [2.24, 2.45) is 0 Å². The molecule has 0 atom stereocenters. The van der Waals surface area contributed by atoms with Gasteiger partial charge in [0.25, 0.3) is 0 Å². The van der Waals surface area contributed by atoms with E-state index in [1.807, 2.05) is 51.1 Å². The molecule has 1 aromatic heterocycles. The van der Waals surface area contributed by atoms with Crippen LogP contribution >= 0.6 is 50.5 Å². The van der Waals surface area contributed by atoms with Gasteiger partial charge in [0.2, 0.25) is 5.91 Å². The van der Waals surface area contributed by atoms with E-state index < -0.39 is 5.20 Å². The second-order valence-electron chi connectivity index (χ2n) is 6.46. The summed E-state index contributed by atoms with van der Waals surface area (Å²) in [6.45, 7) is 7.86. The predicted octanol–water partition coefficient (Wildman–Crippen LogP) is 8.66. The van der Waals surface area contributed by atoms with Crippen molar-refractivity contribution in [3.63, 3.8) is 0 Å². The molecule has 3 aromatic rings. The highest BCUT2D eigenvalue weighted by Gasteiger charge is 2.03. The fourth-order valence-electron chi connectivity index (χ4n) is 2.33. The Bertz CT molecular complexity index is 1050. The monoisotopic (exact) mass is 506 g/mol. The first-order valence-corrected chi connectivity index (χ1v) is 13.8. The lowest BCUT2D eigenvalue weighted by Gasteiger charge is -2.03. The lowest BCUT2D eigenvalue weighted by molar-refractivity contribution is -0.115. The Morgan fingerprint density at radius 1 is 1.00 bits per heavy atom. The zero-order chi connectivity index (χ0) is 22.9. The summed E-state index contributed by atoms with van der Waals surface area (Å²) in [6, 6.07) is 16.0. The number of anilines is 1. The lowest BCUT2D eigenvalue weighted by atomic mass is 10.1. The molecule has 1 heterocycles. The summed E-state index contributed by atoms with van der Waals surface area (Å²) in [5.41, 5.74) is 5.24. The molecule has 0 aliphatic heterocycles. The van der Waals surface area contributed by atoms with Crippen molar-refractivity contribution in [3.05, 3.63) is 70.4 Å². The van der Waals surface area contributed by atoms with Crippen LogP contribution in [0.1, 0.15) is 30.0 Å². The molecule has 30 heavy (non-hydrogen) atoms. The number of carbonyl (C=O) groups excluding carboxylic acids is 1. The first-order chi connectivity index (χ1) is 13.9. The molecule has 4 nitrogen and oxygen atoms in total. The van der Waals surface area contributed by atoms with Gasteiger partial charge in [-0.1, -0.05) is 42.8 Å². The molecule has 0 saturated heterocycles. The molecule has 9 heteroatoms. The number of pyridine rings is 1. The number of fused-ring (bicyclic) bond motifs is 1. The Morgan fingerprint density at radius 2 is 1.60 bits per heavy atom. The molecule has 1 amide bonds. The van der Waals surface area contributed by atoms with Crippen molar-refractivity contribution < 1.29 is 9.36 Å². The third kappa shape index (κ3) is 11.2. The minimum absolute atomic E-state index is 0.0561. The number of amides is 1. The van der Waals surface area contributed by atoms with Gasteiger partial charge in [-0.25, -0.2) is 4.98 Å². The van der Waals surface area contributed by atoms with E-state index in [9.17, 15) is 9.36 Å². The number of aromatic nitrogens is 1. The molecular weight excluding hydrogens is 485 g/mol. The summed E-state index contributed by atoms with van der Waals surface area (Å²) in [5, 5.41) is 1.31. The molecule has 0 bridgehead atoms. The fraction of sp³-hybridized carbons (Fsp3) is 0.238. The van der Waals surface area contributed by atoms with Gasteiger partial charge < -0.3 is 5.32 Å². The maximum absolute atomic E-state index is 11.0. The Balaban J connectivity index is 0.000000248. The summed E-state index contributed by atoms with van der Waals surface area (Å²) in [4.78, 5) is 15.3. The van der Waals surface area contributed by atoms with E-state index in [0.717, 1.165) is 27.7 Å². The van der Waals surface area contributed by atoms with E-state index >= 15 is 0 Å². The minimum atomic E-state index is -3.22. The Kier molecular flexibility index (Phi) is 11.2. The number of nitrogens with one attached hydrogen (secondary N) is 1. The van der Waals surface area contributed by atoms with Gasteiger partial charge in [-0.15, -0.1) is 0 Å². The average Bonchev–Trinajstić information content (AvgIpc) is 2.62. The molecule has 2 aromatic carbocycles. The Hall–Kier alpha value is -1.29. The number of aryl methyl sites for hydroxylation is 3. The van der Waals surface area contributed by atoms with Gasteiger partial charge in [0.15, 0.2) is 0 Å². The predicted molar refractivity (Wildman–Crippen MR) is 131 cm³/mol. The lowest BCUT2D eigenvalue weighted by Crippen LogP contribution is -2.09. The van der Waals surface area contributed by atoms with E-state index in [-0.39, 0.29) is 5.91 Å². The zero-order valence-corrected chi connectivity index (χ0v) is 21.0. The SMILES string of the molecule is CCC(=O)Nc1cccc(C)c1.Cc1ccc2cc(C)c(Cl)nc2c1.O=P(Cl)(Cl)Cl. The Labute approximate surface area is 196 Å². The second-order valence-corrected chi connectivity index (χ2v) is 13.5. The van der Waals surface area contributed by atoms with Crippen LogP contribution < -0.4 is 5.32 Å². The van der Waals surface area contributed by atoms with Crippen LogP contribution in [0.15, 0.2) is 48.5 Å². The number of halogens is 4. The zero-order valence-electron chi connectivity index (χ0n) is 17.0. The van der Waals surface area contributed by atoms with Gasteiger partial charge in [0.05, 0.1) is 5.52 Å². The first-order valence-electron chi connectivity index (χ1n) is 8.98. The summed E-state index contributed by atoms with van der Waals surface area (Å²) < 4.78 is 9.51. The number of rotatable bonds is 2. The highest BCUT2D eigenvalue weighted by atomic mass is 36.0. The van der Waals surface area contributed by atoms with Crippen LogP contribution in [0.4, 0.5) is 5.69 Å². The van der Waals surface area contributed by atoms with E-state index in [2.05, 4.69) is 69.1 Å². The Morgan fingerprint density at radius 3 is 2.17 bits per heavy atom. The molecule has 1 N–H and O–H groups in total. The summed E-state index contributed by atoms with van der Waals surface area (Å²) in [6.07, 6.45) is 0.522. The summed E-state index contributed by atoms with van der Waals surface area (Å²) in [5.74, 6) is 0.0561. The fourth-order valence-corrected chi connectivity index (χ4v) is 2.48. The maximum atomic E-state index is 11.0. The average molecular weight is 508 g/mol. The van der Waals surface area contributed by atoms with Gasteiger partial charge in [-0.2, -0.15) is 0 Å². The first kappa shape index (κ1) is 26.7. The van der Waals surface area contributed by atoms with Crippen molar-refractivity contribution in [2.45, 2.75) is 34.1 Å². The minimum Gasteiger partial charge on any atom is -0.326 e. The van der Waals surface area contributed by atoms with Crippen molar-refractivity contribution in [3.8, 4) is 0 Å². The van der Waals surface area contributed by atoms with E-state index in [4.69, 9.17) is 11.6 Å². The summed E-state index contributed by atoms with van der Waals surface area (Å²) in [7, 11) is 0. The van der Waals surface area contributed by atoms with Gasteiger partial charge in [-0.3, -0.25) is 9.36 Å². The van der Waals surface area contributed by atoms with E-state index in [0.29, 0.717) is 11.6 Å². The van der Waals surface area contributed by atoms with Gasteiger partial charge in [-0.05, 0) is 95.4 Å². The summed E-state index contributed by atoms with van der Waals surface area (Å²) >= 11 is 19.8. The van der Waals surface area contributed by atoms with Crippen molar-refractivity contribution in [1.29, 1.82) is 0 Å². The van der Waals surface area contributed by atoms with Gasteiger partial charge >= 0.3 is 5.20 Å². The van der Waals surface area contributed by atoms with Crippen molar-refractivity contribution in [2.75, 3.05) is 5.32 Å². The van der Waals surface area contributed by atoms with Crippen LogP contribution in [0, 0.1) is 20.8 Å². The topological polar surface area (TPSA) is 59.1 Å². The largest absolute Gasteiger partial charge is 0.339 e. The highest BCUT2D eigenvalue weighted by molar-refractivity contribution is 8.24. The van der Waals surface area contributed by atoms with Crippen LogP contribution in [0.3, 0.4) is 0 Å². The third-order valence-corrected chi connectivity index (χ3v) is 4.11. The molecule has 0 unspecified atom stereocenters. The molecular formula is C21H23Cl4N2O2P. The molecule has 0 aliphatic carbocycles. The van der Waals surface area contributed by atoms with Crippen LogP contribution in [-0.2, 0) is 9.36 Å². The molecule has 0 radical (unpaired) electrons. The van der Waals surface area contributed by atoms with Crippen LogP contribution in [0.5, 0.6) is 0 Å². The third-order valence-electron chi connectivity index (χ3n) is 3.72. The van der Waals surface area contributed by atoms with Gasteiger partial charge in [0, 0.05) is 17.5 Å².